The van der Waals surface area contributed by atoms with Gasteiger partial charge in [0.1, 0.15) is 24.1 Å². The smallest absolute Gasteiger partial charge is 0.487 e. The maximum atomic E-state index is 13.2. The molecule has 6 nitrogen and oxygen atoms in total. The minimum atomic E-state index is -4.80. The van der Waals surface area contributed by atoms with Crippen LogP contribution in [0.2, 0.25) is 5.02 Å². The number of ether oxygens (including phenoxy) is 2. The van der Waals surface area contributed by atoms with Crippen LogP contribution in [0.4, 0.5) is 13.2 Å². The number of nitrogens with one attached hydrogen (secondary N) is 1. The number of hydrogen-bond donors (Lipinski definition) is 2. The van der Waals surface area contributed by atoms with Gasteiger partial charge in [0.25, 0.3) is 5.91 Å². The van der Waals surface area contributed by atoms with E-state index in [4.69, 9.17) is 16.3 Å². The van der Waals surface area contributed by atoms with E-state index in [0.717, 1.165) is 17.5 Å². The average molecular weight is 524 g/mol. The molecule has 192 valence electrons. The van der Waals surface area contributed by atoms with Crippen molar-refractivity contribution >= 4 is 34.2 Å². The number of rotatable bonds is 9. The third-order valence-corrected chi connectivity index (χ3v) is 6.17. The molecule has 3 rings (SSSR count). The van der Waals surface area contributed by atoms with Crippen LogP contribution in [-0.4, -0.2) is 29.4 Å². The lowest BCUT2D eigenvalue weighted by molar-refractivity contribution is -0.274. The predicted octanol–water partition coefficient (Wildman–Crippen LogP) is 6.59. The summed E-state index contributed by atoms with van der Waals surface area (Å²) in [5.74, 6) is -2.01. The van der Waals surface area contributed by atoms with Crippen LogP contribution in [0.5, 0.6) is 11.5 Å². The molecule has 3 aromatic carbocycles. The van der Waals surface area contributed by atoms with Crippen LogP contribution in [0.15, 0.2) is 54.6 Å². The van der Waals surface area contributed by atoms with Crippen molar-refractivity contribution in [3.05, 3.63) is 70.7 Å². The molecule has 1 atom stereocenters. The molecule has 0 bridgehead atoms. The zero-order valence-electron chi connectivity index (χ0n) is 19.8. The second-order valence-electron chi connectivity index (χ2n) is 8.87. The molecule has 36 heavy (non-hydrogen) atoms. The van der Waals surface area contributed by atoms with Crippen LogP contribution >= 0.6 is 11.6 Å². The summed E-state index contributed by atoms with van der Waals surface area (Å²) in [5, 5.41) is 14.0. The summed E-state index contributed by atoms with van der Waals surface area (Å²) in [6.07, 6.45) is -4.29. The molecule has 0 aliphatic carbocycles. The first-order valence-electron chi connectivity index (χ1n) is 11.0. The fraction of sp³-hybridized carbons (Fsp3) is 0.308. The first kappa shape index (κ1) is 27.1. The molecule has 0 heterocycles. The fourth-order valence-corrected chi connectivity index (χ4v) is 3.72. The summed E-state index contributed by atoms with van der Waals surface area (Å²) in [6, 6.07) is 12.2. The van der Waals surface area contributed by atoms with Gasteiger partial charge in [0.05, 0.1) is 5.56 Å². The fourth-order valence-electron chi connectivity index (χ4n) is 3.55. The van der Waals surface area contributed by atoms with Gasteiger partial charge in [0.2, 0.25) is 0 Å². The van der Waals surface area contributed by atoms with Gasteiger partial charge in [-0.25, -0.2) is 4.79 Å². The molecule has 0 spiro atoms. The first-order chi connectivity index (χ1) is 16.8. The first-order valence-corrected chi connectivity index (χ1v) is 11.4. The van der Waals surface area contributed by atoms with Crippen molar-refractivity contribution < 1.29 is 37.3 Å². The number of alkyl halides is 3. The molecular formula is C26H25ClF3NO5. The van der Waals surface area contributed by atoms with Crippen LogP contribution in [0.1, 0.15) is 43.1 Å². The monoisotopic (exact) mass is 523 g/mol. The van der Waals surface area contributed by atoms with Crippen molar-refractivity contribution in [3.63, 3.8) is 0 Å². The van der Waals surface area contributed by atoms with Crippen molar-refractivity contribution in [1.29, 1.82) is 0 Å². The van der Waals surface area contributed by atoms with Crippen LogP contribution in [0, 0.1) is 5.41 Å². The average Bonchev–Trinajstić information content (AvgIpc) is 2.80. The van der Waals surface area contributed by atoms with Crippen LogP contribution in [0.3, 0.4) is 0 Å². The largest absolute Gasteiger partial charge is 0.573 e. The van der Waals surface area contributed by atoms with E-state index in [0.29, 0.717) is 22.4 Å². The second-order valence-corrected chi connectivity index (χ2v) is 9.31. The van der Waals surface area contributed by atoms with Gasteiger partial charge in [-0.3, -0.25) is 4.79 Å². The summed E-state index contributed by atoms with van der Waals surface area (Å²) in [4.78, 5) is 25.1. The molecule has 0 aliphatic heterocycles. The number of halogens is 4. The number of carboxylic acids is 1. The molecule has 3 aromatic rings. The number of carbonyl (C=O) groups is 2. The summed E-state index contributed by atoms with van der Waals surface area (Å²) < 4.78 is 47.1. The molecule has 0 saturated heterocycles. The highest BCUT2D eigenvalue weighted by atomic mass is 35.5. The summed E-state index contributed by atoms with van der Waals surface area (Å²) in [7, 11) is 0. The zero-order chi connectivity index (χ0) is 26.7. The number of benzene rings is 3. The maximum Gasteiger partial charge on any atom is 0.573 e. The van der Waals surface area contributed by atoms with Gasteiger partial charge in [-0.1, -0.05) is 56.6 Å². The van der Waals surface area contributed by atoms with Crippen molar-refractivity contribution in [3.8, 4) is 11.5 Å². The summed E-state index contributed by atoms with van der Waals surface area (Å²) in [6.45, 7) is 5.24. The van der Waals surface area contributed by atoms with E-state index in [1.54, 1.807) is 38.1 Å². The molecular weight excluding hydrogens is 499 g/mol. The standard InChI is InChI=1S/C26H25ClF3NO5/c1-4-25(2,3)22(24(33)34)31-23(32)19-12-8-16-7-9-17(27)13-20(16)21(19)35-14-15-5-10-18(11-6-15)36-26(28,29)30/h5-13,22H,4,14H2,1-3H3,(H,31,32)(H,33,34). The number of carbonyl (C=O) groups excluding carboxylic acids is 1. The highest BCUT2D eigenvalue weighted by molar-refractivity contribution is 6.31. The molecule has 1 unspecified atom stereocenters. The summed E-state index contributed by atoms with van der Waals surface area (Å²) >= 11 is 6.17. The Balaban J connectivity index is 1.94. The lowest BCUT2D eigenvalue weighted by atomic mass is 9.81. The molecule has 10 heteroatoms. The molecule has 0 saturated carbocycles. The third kappa shape index (κ3) is 6.60. The van der Waals surface area contributed by atoms with E-state index < -0.39 is 29.7 Å². The Morgan fingerprint density at radius 3 is 2.28 bits per heavy atom. The minimum absolute atomic E-state index is 0.0823. The van der Waals surface area contributed by atoms with E-state index in [1.165, 1.54) is 18.2 Å². The Kier molecular flexibility index (Phi) is 8.03. The Morgan fingerprint density at radius 2 is 1.69 bits per heavy atom. The van der Waals surface area contributed by atoms with E-state index in [-0.39, 0.29) is 23.7 Å². The van der Waals surface area contributed by atoms with Gasteiger partial charge in [-0.2, -0.15) is 0 Å². The second kappa shape index (κ2) is 10.7. The summed E-state index contributed by atoms with van der Waals surface area (Å²) in [5.41, 5.74) is -0.103. The Hall–Kier alpha value is -3.46. The lowest BCUT2D eigenvalue weighted by Gasteiger charge is -2.31. The Labute approximate surface area is 211 Å². The van der Waals surface area contributed by atoms with Crippen LogP contribution in [0.25, 0.3) is 10.8 Å². The molecule has 0 aromatic heterocycles. The van der Waals surface area contributed by atoms with Crippen molar-refractivity contribution in [1.82, 2.24) is 5.32 Å². The third-order valence-electron chi connectivity index (χ3n) is 5.93. The lowest BCUT2D eigenvalue weighted by Crippen LogP contribution is -2.50. The van der Waals surface area contributed by atoms with Crippen molar-refractivity contribution in [2.45, 2.75) is 46.2 Å². The van der Waals surface area contributed by atoms with E-state index in [9.17, 15) is 27.9 Å². The molecule has 0 fully saturated rings. The van der Waals surface area contributed by atoms with Crippen LogP contribution < -0.4 is 14.8 Å². The van der Waals surface area contributed by atoms with Gasteiger partial charge in [0.15, 0.2) is 0 Å². The van der Waals surface area contributed by atoms with Crippen molar-refractivity contribution in [2.75, 3.05) is 0 Å². The highest BCUT2D eigenvalue weighted by Crippen LogP contribution is 2.34. The zero-order valence-corrected chi connectivity index (χ0v) is 20.5. The quantitative estimate of drug-likeness (QED) is 0.330. The Morgan fingerprint density at radius 1 is 1.06 bits per heavy atom. The number of amides is 1. The van der Waals surface area contributed by atoms with Crippen molar-refractivity contribution in [2.24, 2.45) is 5.41 Å². The van der Waals surface area contributed by atoms with E-state index in [1.807, 2.05) is 6.92 Å². The topological polar surface area (TPSA) is 84.9 Å². The molecule has 1 amide bonds. The van der Waals surface area contributed by atoms with Gasteiger partial charge in [-0.15, -0.1) is 13.2 Å². The maximum absolute atomic E-state index is 13.2. The minimum Gasteiger partial charge on any atom is -0.487 e. The van der Waals surface area contributed by atoms with Gasteiger partial charge < -0.3 is 19.9 Å². The van der Waals surface area contributed by atoms with Gasteiger partial charge >= 0.3 is 12.3 Å². The van der Waals surface area contributed by atoms with E-state index >= 15 is 0 Å². The van der Waals surface area contributed by atoms with E-state index in [2.05, 4.69) is 10.1 Å². The molecule has 0 radical (unpaired) electrons. The number of carboxylic acid groups (broad SMARTS) is 1. The van der Waals surface area contributed by atoms with Crippen LogP contribution in [-0.2, 0) is 11.4 Å². The Bertz CT molecular complexity index is 1260. The number of hydrogen-bond acceptors (Lipinski definition) is 4. The number of aliphatic carboxylic acids is 1. The predicted molar refractivity (Wildman–Crippen MR) is 129 cm³/mol. The SMILES string of the molecule is CCC(C)(C)C(NC(=O)c1ccc2ccc(Cl)cc2c1OCc1ccc(OC(F)(F)F)cc1)C(=O)O. The highest BCUT2D eigenvalue weighted by Gasteiger charge is 2.36. The number of fused-ring (bicyclic) bond motifs is 1. The van der Waals surface area contributed by atoms with Gasteiger partial charge in [-0.05, 0) is 53.1 Å². The normalized spacial score (nSPS) is 12.8. The molecule has 0 aliphatic rings. The van der Waals surface area contributed by atoms with Gasteiger partial charge in [0, 0.05) is 10.4 Å². The molecule has 2 N–H and O–H groups in total.